The third-order valence-corrected chi connectivity index (χ3v) is 8.60. The highest BCUT2D eigenvalue weighted by atomic mass is 79.9. The fraction of sp³-hybridized carbons (Fsp3) is 0.444. The van der Waals surface area contributed by atoms with Crippen LogP contribution >= 0.6 is 15.9 Å². The van der Waals surface area contributed by atoms with Gasteiger partial charge in [0, 0.05) is 18.4 Å². The van der Waals surface area contributed by atoms with Crippen molar-refractivity contribution in [3.8, 4) is 0 Å². The molecule has 2 aromatic carbocycles. The molecule has 1 spiro atoms. The minimum atomic E-state index is -1.15. The Labute approximate surface area is 218 Å². The summed E-state index contributed by atoms with van der Waals surface area (Å²) in [6.07, 6.45) is 0.290. The maximum Gasteiger partial charge on any atom is 0.246 e. The van der Waals surface area contributed by atoms with Crippen molar-refractivity contribution in [2.24, 2.45) is 11.8 Å². The minimum absolute atomic E-state index is 0.171. The molecule has 190 valence electrons. The highest BCUT2D eigenvalue weighted by Crippen LogP contribution is 2.60. The number of alkyl halides is 1. The van der Waals surface area contributed by atoms with Gasteiger partial charge in [-0.2, -0.15) is 0 Å². The van der Waals surface area contributed by atoms with Gasteiger partial charge in [0.05, 0.1) is 30.6 Å². The van der Waals surface area contributed by atoms with E-state index in [1.807, 2.05) is 60.7 Å². The molecule has 3 fully saturated rings. The normalized spacial score (nSPS) is 31.2. The number of nitrogens with zero attached hydrogens (tertiary/aromatic N) is 1. The summed E-state index contributed by atoms with van der Waals surface area (Å²) in [4.78, 5) is 42.1. The molecule has 8 nitrogen and oxygen atoms in total. The van der Waals surface area contributed by atoms with Gasteiger partial charge in [0.25, 0.3) is 0 Å². The summed E-state index contributed by atoms with van der Waals surface area (Å²) in [5.41, 5.74) is 0.712. The first-order valence-electron chi connectivity index (χ1n) is 12.2. The molecule has 0 saturated carbocycles. The number of aliphatic hydroxyl groups excluding tert-OH is 1. The monoisotopic (exact) mass is 555 g/mol. The second-order valence-corrected chi connectivity index (χ2v) is 10.9. The van der Waals surface area contributed by atoms with Gasteiger partial charge in [-0.05, 0) is 24.0 Å². The number of ether oxygens (including phenoxy) is 1. The minimum Gasteiger partial charge on any atom is -0.394 e. The SMILES string of the molecule is CNC(=O)[C@H]1[C@H]2C(=O)N([C@@H](CO)Cc3ccccc3)C(C(=O)NCc3ccccc3)C23CC(Br)[C@@H]1O3. The summed E-state index contributed by atoms with van der Waals surface area (Å²) >= 11 is 3.65. The second-order valence-electron chi connectivity index (χ2n) is 9.75. The summed E-state index contributed by atoms with van der Waals surface area (Å²) < 4.78 is 6.45. The summed E-state index contributed by atoms with van der Waals surface area (Å²) in [6.45, 7) is -0.0286. The van der Waals surface area contributed by atoms with Gasteiger partial charge in [0.15, 0.2) is 0 Å². The Balaban J connectivity index is 1.52. The smallest absolute Gasteiger partial charge is 0.246 e. The van der Waals surface area contributed by atoms with E-state index in [-0.39, 0.29) is 29.2 Å². The predicted molar refractivity (Wildman–Crippen MR) is 136 cm³/mol. The van der Waals surface area contributed by atoms with Crippen molar-refractivity contribution < 1.29 is 24.2 Å². The quantitative estimate of drug-likeness (QED) is 0.427. The molecule has 9 heteroatoms. The molecular weight excluding hydrogens is 526 g/mol. The van der Waals surface area contributed by atoms with E-state index >= 15 is 0 Å². The number of hydrogen-bond acceptors (Lipinski definition) is 5. The van der Waals surface area contributed by atoms with Gasteiger partial charge in [-0.3, -0.25) is 14.4 Å². The number of rotatable bonds is 8. The van der Waals surface area contributed by atoms with Crippen molar-refractivity contribution in [1.82, 2.24) is 15.5 Å². The molecule has 3 unspecified atom stereocenters. The van der Waals surface area contributed by atoms with E-state index in [9.17, 15) is 19.5 Å². The largest absolute Gasteiger partial charge is 0.394 e. The van der Waals surface area contributed by atoms with E-state index in [2.05, 4.69) is 26.6 Å². The molecule has 2 bridgehead atoms. The third kappa shape index (κ3) is 4.03. The van der Waals surface area contributed by atoms with Crippen LogP contribution in [0.2, 0.25) is 0 Å². The maximum atomic E-state index is 14.0. The van der Waals surface area contributed by atoms with Crippen LogP contribution in [0.1, 0.15) is 17.5 Å². The van der Waals surface area contributed by atoms with Gasteiger partial charge >= 0.3 is 0 Å². The third-order valence-electron chi connectivity index (χ3n) is 7.75. The van der Waals surface area contributed by atoms with Crippen molar-refractivity contribution in [3.05, 3.63) is 71.8 Å². The van der Waals surface area contributed by atoms with Gasteiger partial charge < -0.3 is 25.4 Å². The summed E-state index contributed by atoms with van der Waals surface area (Å²) in [5, 5.41) is 16.1. The average molecular weight is 556 g/mol. The first kappa shape index (κ1) is 24.9. The van der Waals surface area contributed by atoms with Gasteiger partial charge in [-0.15, -0.1) is 0 Å². The number of nitrogens with one attached hydrogen (secondary N) is 2. The van der Waals surface area contributed by atoms with E-state index in [0.717, 1.165) is 11.1 Å². The molecule has 0 aliphatic carbocycles. The zero-order valence-electron chi connectivity index (χ0n) is 20.0. The molecule has 0 aromatic heterocycles. The van der Waals surface area contributed by atoms with Crippen LogP contribution in [-0.4, -0.2) is 70.0 Å². The van der Waals surface area contributed by atoms with Gasteiger partial charge in [0.2, 0.25) is 17.7 Å². The summed E-state index contributed by atoms with van der Waals surface area (Å²) in [5.74, 6) is -2.46. The van der Waals surface area contributed by atoms with Crippen LogP contribution in [0.4, 0.5) is 0 Å². The molecule has 3 amide bonds. The van der Waals surface area contributed by atoms with Crippen molar-refractivity contribution in [2.75, 3.05) is 13.7 Å². The van der Waals surface area contributed by atoms with E-state index in [1.54, 1.807) is 0 Å². The van der Waals surface area contributed by atoms with Crippen LogP contribution in [0.15, 0.2) is 60.7 Å². The zero-order chi connectivity index (χ0) is 25.4. The van der Waals surface area contributed by atoms with Crippen LogP contribution in [0, 0.1) is 11.8 Å². The topological polar surface area (TPSA) is 108 Å². The highest BCUT2D eigenvalue weighted by molar-refractivity contribution is 9.09. The molecule has 2 aromatic rings. The maximum absolute atomic E-state index is 14.0. The number of likely N-dealkylation sites (tertiary alicyclic amines) is 1. The number of hydrogen-bond donors (Lipinski definition) is 3. The second kappa shape index (κ2) is 9.95. The Bertz CT molecular complexity index is 1130. The van der Waals surface area contributed by atoms with E-state index in [0.29, 0.717) is 19.4 Å². The van der Waals surface area contributed by atoms with Crippen molar-refractivity contribution in [1.29, 1.82) is 0 Å². The van der Waals surface area contributed by atoms with Crippen LogP contribution in [0.25, 0.3) is 0 Å². The fourth-order valence-electron chi connectivity index (χ4n) is 6.25. The Kier molecular flexibility index (Phi) is 6.89. The molecule has 7 atom stereocenters. The zero-order valence-corrected chi connectivity index (χ0v) is 21.6. The van der Waals surface area contributed by atoms with Crippen molar-refractivity contribution >= 4 is 33.7 Å². The molecule has 36 heavy (non-hydrogen) atoms. The number of amides is 3. The standard InChI is InChI=1S/C27H30BrN3O5/c1-29-24(33)20-21-26(35)31(18(15-32)12-16-8-4-2-5-9-16)23(27(21)13-19(28)22(20)36-27)25(34)30-14-17-10-6-3-7-11-17/h2-11,18-23,32H,12-15H2,1H3,(H,29,33)(H,30,34)/t18-,19?,20+,21+,22+,23?,27?/m1/s1. The molecule has 0 radical (unpaired) electrons. The average Bonchev–Trinajstić information content (AvgIpc) is 3.50. The number of halogens is 1. The lowest BCUT2D eigenvalue weighted by molar-refractivity contribution is -0.145. The molecule has 3 N–H and O–H groups in total. The molecular formula is C27H30BrN3O5. The highest BCUT2D eigenvalue weighted by Gasteiger charge is 2.76. The van der Waals surface area contributed by atoms with E-state index in [1.165, 1.54) is 11.9 Å². The molecule has 3 aliphatic rings. The Morgan fingerprint density at radius 1 is 1.11 bits per heavy atom. The Morgan fingerprint density at radius 3 is 2.36 bits per heavy atom. The Hall–Kier alpha value is -2.75. The summed E-state index contributed by atoms with van der Waals surface area (Å²) in [7, 11) is 1.54. The van der Waals surface area contributed by atoms with Crippen LogP contribution in [-0.2, 0) is 32.1 Å². The van der Waals surface area contributed by atoms with Crippen molar-refractivity contribution in [2.45, 2.75) is 48.0 Å². The number of benzene rings is 2. The predicted octanol–water partition coefficient (Wildman–Crippen LogP) is 1.40. The fourth-order valence-corrected chi connectivity index (χ4v) is 7.19. The first-order chi connectivity index (χ1) is 17.4. The van der Waals surface area contributed by atoms with Crippen LogP contribution in [0.5, 0.6) is 0 Å². The number of carbonyl (C=O) groups excluding carboxylic acids is 3. The van der Waals surface area contributed by atoms with Gasteiger partial charge in [-0.1, -0.05) is 76.6 Å². The lowest BCUT2D eigenvalue weighted by Gasteiger charge is -2.37. The lowest BCUT2D eigenvalue weighted by atomic mass is 9.70. The molecule has 3 heterocycles. The van der Waals surface area contributed by atoms with Crippen molar-refractivity contribution in [3.63, 3.8) is 0 Å². The molecule has 3 aliphatic heterocycles. The molecule has 3 saturated heterocycles. The van der Waals surface area contributed by atoms with Gasteiger partial charge in [0.1, 0.15) is 11.6 Å². The first-order valence-corrected chi connectivity index (χ1v) is 13.1. The Morgan fingerprint density at radius 2 is 1.75 bits per heavy atom. The van der Waals surface area contributed by atoms with E-state index in [4.69, 9.17) is 4.74 Å². The number of fused-ring (bicyclic) bond motifs is 1. The summed E-state index contributed by atoms with van der Waals surface area (Å²) in [6, 6.07) is 17.5. The van der Waals surface area contributed by atoms with E-state index < -0.39 is 35.6 Å². The van der Waals surface area contributed by atoms with Gasteiger partial charge in [-0.25, -0.2) is 0 Å². The molecule has 5 rings (SSSR count). The number of aliphatic hydroxyl groups is 1. The van der Waals surface area contributed by atoms with Crippen LogP contribution < -0.4 is 10.6 Å². The lowest BCUT2D eigenvalue weighted by Crippen LogP contribution is -2.58. The van der Waals surface area contributed by atoms with Crippen LogP contribution in [0.3, 0.4) is 0 Å². The number of carbonyl (C=O) groups is 3.